The molecule has 0 aliphatic heterocycles. The van der Waals surface area contributed by atoms with E-state index < -0.39 is 5.97 Å². The number of fused-ring (bicyclic) bond motifs is 1. The molecule has 0 aliphatic rings. The highest BCUT2D eigenvalue weighted by atomic mass is 16.4. The first-order valence-corrected chi connectivity index (χ1v) is 5.97. The largest absolute Gasteiger partial charge is 0.481 e. The molecular formula is C13H17N3O2. The van der Waals surface area contributed by atoms with Crippen molar-refractivity contribution >= 4 is 17.0 Å². The lowest BCUT2D eigenvalue weighted by molar-refractivity contribution is -0.137. The minimum Gasteiger partial charge on any atom is -0.481 e. The van der Waals surface area contributed by atoms with Crippen molar-refractivity contribution in [1.82, 2.24) is 14.9 Å². The van der Waals surface area contributed by atoms with Crippen LogP contribution in [0.25, 0.3) is 11.0 Å². The molecular weight excluding hydrogens is 230 g/mol. The van der Waals surface area contributed by atoms with Gasteiger partial charge in [0.1, 0.15) is 0 Å². The molecule has 2 aromatic rings. The highest BCUT2D eigenvalue weighted by Gasteiger charge is 2.04. The minimum atomic E-state index is -0.749. The van der Waals surface area contributed by atoms with Crippen molar-refractivity contribution in [3.05, 3.63) is 30.1 Å². The number of benzene rings is 1. The zero-order valence-electron chi connectivity index (χ0n) is 10.4. The van der Waals surface area contributed by atoms with Gasteiger partial charge in [-0.15, -0.1) is 0 Å². The smallest absolute Gasteiger partial charge is 0.304 e. The predicted molar refractivity (Wildman–Crippen MR) is 69.5 cm³/mol. The van der Waals surface area contributed by atoms with Crippen molar-refractivity contribution in [2.45, 2.75) is 12.8 Å². The maximum atomic E-state index is 10.5. The fourth-order valence-corrected chi connectivity index (χ4v) is 1.86. The Labute approximate surface area is 105 Å². The molecule has 1 heterocycles. The quantitative estimate of drug-likeness (QED) is 0.812. The lowest BCUT2D eigenvalue weighted by Crippen LogP contribution is -2.24. The number of hydrogen-bond acceptors (Lipinski definition) is 3. The lowest BCUT2D eigenvalue weighted by atomic mass is 10.1. The first-order valence-electron chi connectivity index (χ1n) is 5.97. The fourth-order valence-electron chi connectivity index (χ4n) is 1.86. The van der Waals surface area contributed by atoms with Gasteiger partial charge in [-0.25, -0.2) is 4.98 Å². The van der Waals surface area contributed by atoms with Gasteiger partial charge in [0.05, 0.1) is 23.8 Å². The van der Waals surface area contributed by atoms with Crippen molar-refractivity contribution in [2.24, 2.45) is 0 Å². The number of nitrogens with one attached hydrogen (secondary N) is 1. The number of carboxylic acid groups (broad SMARTS) is 1. The second-order valence-electron chi connectivity index (χ2n) is 4.45. The van der Waals surface area contributed by atoms with Crippen LogP contribution in [0.3, 0.4) is 0 Å². The molecule has 96 valence electrons. The SMILES string of the molecule is CN(CCC(=O)O)CCc1ccc2nc[nH]c2c1. The van der Waals surface area contributed by atoms with Crippen molar-refractivity contribution in [1.29, 1.82) is 0 Å². The second kappa shape index (κ2) is 5.64. The average Bonchev–Trinajstić information content (AvgIpc) is 2.81. The standard InChI is InChI=1S/C13H17N3O2/c1-16(7-5-13(17)18)6-4-10-2-3-11-12(8-10)15-9-14-11/h2-3,8-9H,4-7H2,1H3,(H,14,15)(H,17,18). The van der Waals surface area contributed by atoms with E-state index in [0.717, 1.165) is 24.0 Å². The molecule has 0 amide bonds. The third kappa shape index (κ3) is 3.30. The van der Waals surface area contributed by atoms with E-state index in [1.54, 1.807) is 6.33 Å². The summed E-state index contributed by atoms with van der Waals surface area (Å²) in [5, 5.41) is 8.60. The molecule has 0 saturated carbocycles. The van der Waals surface area contributed by atoms with Crippen LogP contribution >= 0.6 is 0 Å². The van der Waals surface area contributed by atoms with Gasteiger partial charge in [0.2, 0.25) is 0 Å². The maximum absolute atomic E-state index is 10.5. The molecule has 0 saturated heterocycles. The molecule has 2 N–H and O–H groups in total. The Morgan fingerprint density at radius 3 is 3.06 bits per heavy atom. The molecule has 5 heteroatoms. The summed E-state index contributed by atoms with van der Waals surface area (Å²) in [6.07, 6.45) is 2.79. The molecule has 5 nitrogen and oxygen atoms in total. The average molecular weight is 247 g/mol. The lowest BCUT2D eigenvalue weighted by Gasteiger charge is -2.15. The zero-order chi connectivity index (χ0) is 13.0. The molecule has 0 atom stereocenters. The van der Waals surface area contributed by atoms with Crippen molar-refractivity contribution < 1.29 is 9.90 Å². The number of aromatic nitrogens is 2. The highest BCUT2D eigenvalue weighted by Crippen LogP contribution is 2.12. The van der Waals surface area contributed by atoms with Crippen LogP contribution in [-0.2, 0) is 11.2 Å². The molecule has 0 bridgehead atoms. The summed E-state index contributed by atoms with van der Waals surface area (Å²) in [6.45, 7) is 1.44. The van der Waals surface area contributed by atoms with Crippen LogP contribution in [-0.4, -0.2) is 46.1 Å². The number of rotatable bonds is 6. The molecule has 0 unspecified atom stereocenters. The van der Waals surface area contributed by atoms with Gasteiger partial charge in [-0.2, -0.15) is 0 Å². The number of nitrogens with zero attached hydrogens (tertiary/aromatic N) is 2. The van der Waals surface area contributed by atoms with E-state index in [0.29, 0.717) is 6.54 Å². The summed E-state index contributed by atoms with van der Waals surface area (Å²) in [6, 6.07) is 6.15. The summed E-state index contributed by atoms with van der Waals surface area (Å²) in [5.41, 5.74) is 3.24. The van der Waals surface area contributed by atoms with Crippen LogP contribution in [0.2, 0.25) is 0 Å². The third-order valence-electron chi connectivity index (χ3n) is 2.97. The Hall–Kier alpha value is -1.88. The number of carboxylic acids is 1. The topological polar surface area (TPSA) is 69.2 Å². The summed E-state index contributed by atoms with van der Waals surface area (Å²) < 4.78 is 0. The number of aromatic amines is 1. The molecule has 0 fully saturated rings. The van der Waals surface area contributed by atoms with E-state index in [9.17, 15) is 4.79 Å². The first kappa shape index (κ1) is 12.6. The van der Waals surface area contributed by atoms with Crippen LogP contribution in [0, 0.1) is 0 Å². The Balaban J connectivity index is 1.87. The van der Waals surface area contributed by atoms with E-state index in [2.05, 4.69) is 22.1 Å². The normalized spacial score (nSPS) is 11.2. The van der Waals surface area contributed by atoms with Crippen LogP contribution in [0.4, 0.5) is 0 Å². The van der Waals surface area contributed by atoms with Crippen molar-refractivity contribution in [3.8, 4) is 0 Å². The van der Waals surface area contributed by atoms with Crippen LogP contribution in [0.15, 0.2) is 24.5 Å². The molecule has 18 heavy (non-hydrogen) atoms. The summed E-state index contributed by atoms with van der Waals surface area (Å²) >= 11 is 0. The number of likely N-dealkylation sites (N-methyl/N-ethyl adjacent to an activating group) is 1. The van der Waals surface area contributed by atoms with Gasteiger partial charge in [0.25, 0.3) is 0 Å². The van der Waals surface area contributed by atoms with E-state index in [1.807, 2.05) is 18.0 Å². The molecule has 2 rings (SSSR count). The minimum absolute atomic E-state index is 0.191. The van der Waals surface area contributed by atoms with E-state index in [1.165, 1.54) is 5.56 Å². The number of imidazole rings is 1. The number of hydrogen-bond donors (Lipinski definition) is 2. The van der Waals surface area contributed by atoms with Gasteiger partial charge in [-0.3, -0.25) is 4.79 Å². The van der Waals surface area contributed by atoms with Gasteiger partial charge in [0, 0.05) is 13.1 Å². The van der Waals surface area contributed by atoms with Gasteiger partial charge in [0.15, 0.2) is 0 Å². The number of carbonyl (C=O) groups is 1. The van der Waals surface area contributed by atoms with E-state index in [4.69, 9.17) is 5.11 Å². The third-order valence-corrected chi connectivity index (χ3v) is 2.97. The monoisotopic (exact) mass is 247 g/mol. The van der Waals surface area contributed by atoms with E-state index in [-0.39, 0.29) is 6.42 Å². The van der Waals surface area contributed by atoms with Gasteiger partial charge >= 0.3 is 5.97 Å². The molecule has 0 spiro atoms. The van der Waals surface area contributed by atoms with E-state index >= 15 is 0 Å². The zero-order valence-corrected chi connectivity index (χ0v) is 10.4. The summed E-state index contributed by atoms with van der Waals surface area (Å²) in [4.78, 5) is 19.7. The first-order chi connectivity index (χ1) is 8.65. The molecule has 1 aromatic carbocycles. The van der Waals surface area contributed by atoms with Gasteiger partial charge in [-0.1, -0.05) is 6.07 Å². The molecule has 1 aromatic heterocycles. The van der Waals surface area contributed by atoms with Crippen molar-refractivity contribution in [2.75, 3.05) is 20.1 Å². The summed E-state index contributed by atoms with van der Waals surface area (Å²) in [7, 11) is 1.94. The maximum Gasteiger partial charge on any atom is 0.304 e. The molecule has 0 radical (unpaired) electrons. The predicted octanol–water partition coefficient (Wildman–Crippen LogP) is 1.51. The Bertz CT molecular complexity index is 536. The van der Waals surface area contributed by atoms with Crippen LogP contribution < -0.4 is 0 Å². The van der Waals surface area contributed by atoms with Crippen molar-refractivity contribution in [3.63, 3.8) is 0 Å². The fraction of sp³-hybridized carbons (Fsp3) is 0.385. The molecule has 0 aliphatic carbocycles. The van der Waals surface area contributed by atoms with Crippen LogP contribution in [0.5, 0.6) is 0 Å². The number of H-pyrrole nitrogens is 1. The summed E-state index contributed by atoms with van der Waals surface area (Å²) in [5.74, 6) is -0.749. The van der Waals surface area contributed by atoms with Gasteiger partial charge in [-0.05, 0) is 31.2 Å². The van der Waals surface area contributed by atoms with Crippen LogP contribution in [0.1, 0.15) is 12.0 Å². The number of aliphatic carboxylic acids is 1. The second-order valence-corrected chi connectivity index (χ2v) is 4.45. The Kier molecular flexibility index (Phi) is 3.94. The Morgan fingerprint density at radius 1 is 1.44 bits per heavy atom. The van der Waals surface area contributed by atoms with Gasteiger partial charge < -0.3 is 15.0 Å². The Morgan fingerprint density at radius 2 is 2.28 bits per heavy atom. The highest BCUT2D eigenvalue weighted by molar-refractivity contribution is 5.75.